The molecular weight excluding hydrogens is 288 g/mol. The van der Waals surface area contributed by atoms with Crippen LogP contribution in [0, 0.1) is 0 Å². The summed E-state index contributed by atoms with van der Waals surface area (Å²) in [4.78, 5) is 10.8. The second-order valence-electron chi connectivity index (χ2n) is 2.72. The van der Waals surface area contributed by atoms with Crippen LogP contribution >= 0.6 is 38.9 Å². The van der Waals surface area contributed by atoms with Crippen LogP contribution in [0.5, 0.6) is 0 Å². The van der Waals surface area contributed by atoms with E-state index >= 15 is 0 Å². The smallest absolute Gasteiger partial charge is 0.337 e. The molecule has 5 heteroatoms. The van der Waals surface area contributed by atoms with E-state index in [4.69, 9.17) is 16.7 Å². The summed E-state index contributed by atoms with van der Waals surface area (Å²) >= 11 is 10.6. The fraction of sp³-hybridized carbons (Fsp3) is 0. The maximum Gasteiger partial charge on any atom is 0.337 e. The van der Waals surface area contributed by atoms with Crippen LogP contribution in [-0.2, 0) is 0 Å². The minimum absolute atomic E-state index is 0.299. The molecule has 1 N–H and O–H groups in total. The summed E-state index contributed by atoms with van der Waals surface area (Å²) in [6.45, 7) is 0. The van der Waals surface area contributed by atoms with Gasteiger partial charge in [-0.25, -0.2) is 4.79 Å². The van der Waals surface area contributed by atoms with Crippen LogP contribution in [0.3, 0.4) is 0 Å². The Labute approximate surface area is 97.2 Å². The first-order valence-electron chi connectivity index (χ1n) is 3.69. The van der Waals surface area contributed by atoms with Crippen LogP contribution in [0.4, 0.5) is 0 Å². The predicted molar refractivity (Wildman–Crippen MR) is 61.5 cm³/mol. The van der Waals surface area contributed by atoms with Crippen molar-refractivity contribution < 1.29 is 9.90 Å². The van der Waals surface area contributed by atoms with Crippen molar-refractivity contribution in [2.75, 3.05) is 0 Å². The quantitative estimate of drug-likeness (QED) is 0.862. The number of hydrogen-bond donors (Lipinski definition) is 1. The van der Waals surface area contributed by atoms with Crippen LogP contribution in [0.15, 0.2) is 22.0 Å². The molecule has 0 saturated heterocycles. The first-order chi connectivity index (χ1) is 6.59. The molecule has 1 aromatic heterocycles. The molecule has 0 atom stereocenters. The number of carboxylic acids is 1. The molecule has 14 heavy (non-hydrogen) atoms. The van der Waals surface area contributed by atoms with Gasteiger partial charge in [-0.1, -0.05) is 11.6 Å². The third kappa shape index (κ3) is 1.54. The van der Waals surface area contributed by atoms with Crippen molar-refractivity contribution in [2.45, 2.75) is 0 Å². The molecule has 0 radical (unpaired) electrons. The van der Waals surface area contributed by atoms with Gasteiger partial charge >= 0.3 is 5.97 Å². The molecule has 0 saturated carbocycles. The number of fused-ring (bicyclic) bond motifs is 1. The van der Waals surface area contributed by atoms with Gasteiger partial charge in [0.05, 0.1) is 5.56 Å². The lowest BCUT2D eigenvalue weighted by atomic mass is 10.2. The number of rotatable bonds is 1. The largest absolute Gasteiger partial charge is 0.478 e. The number of hydrogen-bond acceptors (Lipinski definition) is 2. The van der Waals surface area contributed by atoms with E-state index in [1.54, 1.807) is 17.5 Å². The topological polar surface area (TPSA) is 37.3 Å². The SMILES string of the molecule is O=C(O)c1csc2c(Br)cc(Cl)cc12. The number of carbonyl (C=O) groups is 1. The van der Waals surface area contributed by atoms with Crippen molar-refractivity contribution in [2.24, 2.45) is 0 Å². The summed E-state index contributed by atoms with van der Waals surface area (Å²) in [5, 5.41) is 11.7. The Morgan fingerprint density at radius 1 is 1.50 bits per heavy atom. The van der Waals surface area contributed by atoms with Crippen molar-refractivity contribution in [1.29, 1.82) is 0 Å². The van der Waals surface area contributed by atoms with E-state index in [1.165, 1.54) is 11.3 Å². The van der Waals surface area contributed by atoms with Gasteiger partial charge in [-0.15, -0.1) is 11.3 Å². The highest BCUT2D eigenvalue weighted by molar-refractivity contribution is 9.10. The highest BCUT2D eigenvalue weighted by Gasteiger charge is 2.13. The van der Waals surface area contributed by atoms with Gasteiger partial charge in [0.2, 0.25) is 0 Å². The number of benzene rings is 1. The molecule has 2 rings (SSSR count). The Morgan fingerprint density at radius 3 is 2.86 bits per heavy atom. The highest BCUT2D eigenvalue weighted by Crippen LogP contribution is 2.34. The van der Waals surface area contributed by atoms with Gasteiger partial charge in [0, 0.05) is 25.0 Å². The third-order valence-corrected chi connectivity index (χ3v) is 3.96. The van der Waals surface area contributed by atoms with E-state index in [9.17, 15) is 4.79 Å². The number of aromatic carboxylic acids is 1. The minimum atomic E-state index is -0.926. The zero-order chi connectivity index (χ0) is 10.3. The summed E-state index contributed by atoms with van der Waals surface area (Å²) in [7, 11) is 0. The number of halogens is 2. The standard InChI is InChI=1S/C9H4BrClO2S/c10-7-2-4(11)1-5-6(9(12)13)3-14-8(5)7/h1-3H,(H,12,13). The first kappa shape index (κ1) is 9.96. The summed E-state index contributed by atoms with van der Waals surface area (Å²) in [6, 6.07) is 3.42. The zero-order valence-corrected chi connectivity index (χ0v) is 9.91. The Bertz CT molecular complexity index is 521. The maximum absolute atomic E-state index is 10.8. The second-order valence-corrected chi connectivity index (χ2v) is 4.89. The maximum atomic E-state index is 10.8. The second kappa shape index (κ2) is 3.53. The third-order valence-electron chi connectivity index (χ3n) is 1.82. The summed E-state index contributed by atoms with van der Waals surface area (Å²) < 4.78 is 1.74. The molecule has 0 fully saturated rings. The van der Waals surface area contributed by atoms with Gasteiger partial charge in [0.25, 0.3) is 0 Å². The van der Waals surface area contributed by atoms with E-state index in [0.29, 0.717) is 16.0 Å². The Hall–Kier alpha value is -0.580. The molecule has 0 aliphatic rings. The number of thiophene rings is 1. The minimum Gasteiger partial charge on any atom is -0.478 e. The van der Waals surface area contributed by atoms with E-state index in [-0.39, 0.29) is 0 Å². The van der Waals surface area contributed by atoms with Gasteiger partial charge < -0.3 is 5.11 Å². The van der Waals surface area contributed by atoms with E-state index in [0.717, 1.165) is 9.17 Å². The lowest BCUT2D eigenvalue weighted by Gasteiger charge is -1.96. The lowest BCUT2D eigenvalue weighted by molar-refractivity contribution is 0.0699. The molecule has 72 valence electrons. The Morgan fingerprint density at radius 2 is 2.21 bits per heavy atom. The molecule has 2 aromatic rings. The normalized spacial score (nSPS) is 10.7. The Balaban J connectivity index is 2.85. The van der Waals surface area contributed by atoms with Gasteiger partial charge in [0.15, 0.2) is 0 Å². The summed E-state index contributed by atoms with van der Waals surface area (Å²) in [6.07, 6.45) is 0. The molecule has 0 aliphatic carbocycles. The molecule has 0 amide bonds. The molecule has 0 aliphatic heterocycles. The van der Waals surface area contributed by atoms with E-state index in [1.807, 2.05) is 0 Å². The first-order valence-corrected chi connectivity index (χ1v) is 5.74. The van der Waals surface area contributed by atoms with Crippen LogP contribution < -0.4 is 0 Å². The van der Waals surface area contributed by atoms with Crippen molar-refractivity contribution >= 4 is 54.9 Å². The highest BCUT2D eigenvalue weighted by atomic mass is 79.9. The molecule has 0 unspecified atom stereocenters. The van der Waals surface area contributed by atoms with Crippen LogP contribution in [0.2, 0.25) is 5.02 Å². The fourth-order valence-corrected chi connectivity index (χ4v) is 3.25. The van der Waals surface area contributed by atoms with Gasteiger partial charge in [-0.05, 0) is 28.1 Å². The van der Waals surface area contributed by atoms with Gasteiger partial charge in [-0.3, -0.25) is 0 Å². The van der Waals surface area contributed by atoms with E-state index in [2.05, 4.69) is 15.9 Å². The van der Waals surface area contributed by atoms with Crippen LogP contribution in [0.1, 0.15) is 10.4 Å². The van der Waals surface area contributed by atoms with Gasteiger partial charge in [0.1, 0.15) is 0 Å². The Kier molecular flexibility index (Phi) is 2.51. The molecule has 1 heterocycles. The lowest BCUT2D eigenvalue weighted by Crippen LogP contribution is -1.93. The van der Waals surface area contributed by atoms with Gasteiger partial charge in [-0.2, -0.15) is 0 Å². The predicted octanol–water partition coefficient (Wildman–Crippen LogP) is 4.02. The fourth-order valence-electron chi connectivity index (χ4n) is 1.23. The molecule has 0 bridgehead atoms. The summed E-state index contributed by atoms with van der Waals surface area (Å²) in [5.74, 6) is -0.926. The average Bonchev–Trinajstić information content (AvgIpc) is 2.47. The van der Waals surface area contributed by atoms with E-state index < -0.39 is 5.97 Å². The molecule has 2 nitrogen and oxygen atoms in total. The monoisotopic (exact) mass is 290 g/mol. The molecular formula is C9H4BrClO2S. The van der Waals surface area contributed by atoms with Crippen LogP contribution in [0.25, 0.3) is 10.1 Å². The molecule has 0 spiro atoms. The van der Waals surface area contributed by atoms with Crippen molar-refractivity contribution in [3.8, 4) is 0 Å². The van der Waals surface area contributed by atoms with Crippen molar-refractivity contribution in [1.82, 2.24) is 0 Å². The average molecular weight is 292 g/mol. The molecule has 1 aromatic carbocycles. The number of carboxylic acid groups (broad SMARTS) is 1. The summed E-state index contributed by atoms with van der Waals surface area (Å²) in [5.41, 5.74) is 0.299. The zero-order valence-electron chi connectivity index (χ0n) is 6.75. The van der Waals surface area contributed by atoms with Crippen LogP contribution in [-0.4, -0.2) is 11.1 Å². The van der Waals surface area contributed by atoms with Crippen molar-refractivity contribution in [3.05, 3.63) is 32.6 Å². The van der Waals surface area contributed by atoms with Crippen molar-refractivity contribution in [3.63, 3.8) is 0 Å².